The van der Waals surface area contributed by atoms with Crippen LogP contribution in [0.3, 0.4) is 0 Å². The second-order valence-corrected chi connectivity index (χ2v) is 6.34. The largest absolute Gasteiger partial charge is 0.398 e. The lowest BCUT2D eigenvalue weighted by atomic mass is 10.0. The highest BCUT2D eigenvalue weighted by molar-refractivity contribution is 6.00. The molecular weight excluding hydrogens is 326 g/mol. The summed E-state index contributed by atoms with van der Waals surface area (Å²) in [6, 6.07) is 3.86. The number of piperazine rings is 1. The average Bonchev–Trinajstić information content (AvgIpc) is 2.62. The van der Waals surface area contributed by atoms with Crippen LogP contribution in [-0.2, 0) is 4.79 Å². The van der Waals surface area contributed by atoms with Gasteiger partial charge in [0.2, 0.25) is 5.91 Å². The average molecular weight is 347 g/mol. The van der Waals surface area contributed by atoms with E-state index in [9.17, 15) is 19.7 Å². The van der Waals surface area contributed by atoms with Gasteiger partial charge in [0.25, 0.3) is 11.6 Å². The first-order valence-electron chi connectivity index (χ1n) is 8.30. The first kappa shape index (κ1) is 17.2. The van der Waals surface area contributed by atoms with Gasteiger partial charge in [0.1, 0.15) is 0 Å². The molecule has 0 spiro atoms. The predicted molar refractivity (Wildman–Crippen MR) is 91.0 cm³/mol. The summed E-state index contributed by atoms with van der Waals surface area (Å²) in [5.41, 5.74) is 6.05. The van der Waals surface area contributed by atoms with Gasteiger partial charge in [0.15, 0.2) is 0 Å². The zero-order chi connectivity index (χ0) is 18.0. The minimum atomic E-state index is -0.547. The number of rotatable bonds is 3. The van der Waals surface area contributed by atoms with Crippen LogP contribution in [0.15, 0.2) is 18.2 Å². The molecule has 1 aromatic rings. The Morgan fingerprint density at radius 3 is 2.88 bits per heavy atom. The van der Waals surface area contributed by atoms with Gasteiger partial charge in [-0.1, -0.05) is 0 Å². The first-order valence-corrected chi connectivity index (χ1v) is 8.30. The molecule has 2 amide bonds. The standard InChI is InChI=1S/C16H21N5O4/c17-14-4-3-11(21(24)25)8-13(14)16(23)19-6-1-2-12(10-19)20-7-5-18-9-15(20)22/h3-4,8,12,18H,1-2,5-7,9-10,17H2. The fourth-order valence-corrected chi connectivity index (χ4v) is 3.41. The maximum atomic E-state index is 12.8. The Labute approximate surface area is 144 Å². The van der Waals surface area contributed by atoms with Crippen molar-refractivity contribution in [1.29, 1.82) is 0 Å². The van der Waals surface area contributed by atoms with Crippen molar-refractivity contribution in [2.75, 3.05) is 38.5 Å². The van der Waals surface area contributed by atoms with E-state index in [1.165, 1.54) is 18.2 Å². The van der Waals surface area contributed by atoms with Crippen LogP contribution in [0.5, 0.6) is 0 Å². The summed E-state index contributed by atoms with van der Waals surface area (Å²) in [5.74, 6) is -0.283. The number of non-ortho nitro benzene ring substituents is 1. The van der Waals surface area contributed by atoms with Crippen LogP contribution in [0.2, 0.25) is 0 Å². The van der Waals surface area contributed by atoms with Crippen LogP contribution in [-0.4, -0.2) is 65.3 Å². The van der Waals surface area contributed by atoms with Gasteiger partial charge in [-0.15, -0.1) is 0 Å². The van der Waals surface area contributed by atoms with E-state index in [0.717, 1.165) is 19.4 Å². The van der Waals surface area contributed by atoms with Crippen LogP contribution >= 0.6 is 0 Å². The molecule has 1 aromatic carbocycles. The predicted octanol–water partition coefficient (Wildman–Crippen LogP) is 0.213. The Bertz CT molecular complexity index is 708. The van der Waals surface area contributed by atoms with Gasteiger partial charge in [0, 0.05) is 50.0 Å². The van der Waals surface area contributed by atoms with Crippen molar-refractivity contribution in [2.45, 2.75) is 18.9 Å². The van der Waals surface area contributed by atoms with Crippen molar-refractivity contribution >= 4 is 23.2 Å². The number of nitro benzene ring substituents is 1. The number of benzene rings is 1. The van der Waals surface area contributed by atoms with E-state index >= 15 is 0 Å². The van der Waals surface area contributed by atoms with Crippen LogP contribution < -0.4 is 11.1 Å². The smallest absolute Gasteiger partial charge is 0.270 e. The normalized spacial score (nSPS) is 21.3. The molecule has 3 rings (SSSR count). The number of nitrogen functional groups attached to an aromatic ring is 1. The van der Waals surface area contributed by atoms with E-state index in [1.807, 2.05) is 4.90 Å². The minimum Gasteiger partial charge on any atom is -0.398 e. The second-order valence-electron chi connectivity index (χ2n) is 6.34. The second kappa shape index (κ2) is 7.06. The van der Waals surface area contributed by atoms with E-state index < -0.39 is 4.92 Å². The number of nitro groups is 1. The lowest BCUT2D eigenvalue weighted by Gasteiger charge is -2.41. The summed E-state index contributed by atoms with van der Waals surface area (Å²) in [6.07, 6.45) is 1.63. The summed E-state index contributed by atoms with van der Waals surface area (Å²) >= 11 is 0. The molecule has 2 aliphatic rings. The number of hydrogen-bond donors (Lipinski definition) is 2. The van der Waals surface area contributed by atoms with Crippen LogP contribution in [0.4, 0.5) is 11.4 Å². The highest BCUT2D eigenvalue weighted by Crippen LogP contribution is 2.24. The molecule has 2 aliphatic heterocycles. The molecule has 0 aromatic heterocycles. The molecule has 0 aliphatic carbocycles. The van der Waals surface area contributed by atoms with Crippen molar-refractivity contribution < 1.29 is 14.5 Å². The molecular formula is C16H21N5O4. The summed E-state index contributed by atoms with van der Waals surface area (Å²) in [4.78, 5) is 38.8. The Balaban J connectivity index is 1.77. The van der Waals surface area contributed by atoms with Gasteiger partial charge in [0.05, 0.1) is 17.0 Å². The monoisotopic (exact) mass is 347 g/mol. The van der Waals surface area contributed by atoms with Crippen LogP contribution in [0.25, 0.3) is 0 Å². The van der Waals surface area contributed by atoms with Crippen molar-refractivity contribution in [2.24, 2.45) is 0 Å². The Hall–Kier alpha value is -2.68. The number of hydrogen-bond acceptors (Lipinski definition) is 6. The van der Waals surface area contributed by atoms with Crippen molar-refractivity contribution in [3.05, 3.63) is 33.9 Å². The van der Waals surface area contributed by atoms with E-state index in [0.29, 0.717) is 26.2 Å². The molecule has 2 heterocycles. The number of nitrogens with zero attached hydrogens (tertiary/aromatic N) is 3. The summed E-state index contributed by atoms with van der Waals surface area (Å²) in [7, 11) is 0. The van der Waals surface area contributed by atoms with Crippen LogP contribution in [0.1, 0.15) is 23.2 Å². The molecule has 2 fully saturated rings. The number of nitrogens with one attached hydrogen (secondary N) is 1. The summed E-state index contributed by atoms with van der Waals surface area (Å²) in [5, 5.41) is 14.0. The fraction of sp³-hybridized carbons (Fsp3) is 0.500. The molecule has 9 heteroatoms. The number of amides is 2. The first-order chi connectivity index (χ1) is 12.0. The van der Waals surface area contributed by atoms with Gasteiger partial charge in [-0.2, -0.15) is 0 Å². The van der Waals surface area contributed by atoms with E-state index in [-0.39, 0.29) is 34.8 Å². The fourth-order valence-electron chi connectivity index (χ4n) is 3.41. The molecule has 134 valence electrons. The zero-order valence-electron chi connectivity index (χ0n) is 13.8. The zero-order valence-corrected chi connectivity index (χ0v) is 13.8. The third-order valence-electron chi connectivity index (χ3n) is 4.73. The minimum absolute atomic E-state index is 0.0211. The molecule has 9 nitrogen and oxygen atoms in total. The number of carbonyl (C=O) groups excluding carboxylic acids is 2. The maximum Gasteiger partial charge on any atom is 0.270 e. The molecule has 3 N–H and O–H groups in total. The molecule has 0 bridgehead atoms. The number of carbonyl (C=O) groups is 2. The van der Waals surface area contributed by atoms with Gasteiger partial charge >= 0.3 is 0 Å². The van der Waals surface area contributed by atoms with Crippen molar-refractivity contribution in [1.82, 2.24) is 15.1 Å². The number of likely N-dealkylation sites (tertiary alicyclic amines) is 1. The molecule has 0 radical (unpaired) electrons. The lowest BCUT2D eigenvalue weighted by Crippen LogP contribution is -2.57. The number of anilines is 1. The number of piperidine rings is 1. The van der Waals surface area contributed by atoms with Gasteiger partial charge in [-0.3, -0.25) is 19.7 Å². The molecule has 1 unspecified atom stereocenters. The van der Waals surface area contributed by atoms with Gasteiger partial charge in [-0.05, 0) is 18.9 Å². The van der Waals surface area contributed by atoms with Gasteiger partial charge in [-0.25, -0.2) is 0 Å². The van der Waals surface area contributed by atoms with Crippen molar-refractivity contribution in [3.63, 3.8) is 0 Å². The molecule has 0 saturated carbocycles. The number of nitrogens with two attached hydrogens (primary N) is 1. The summed E-state index contributed by atoms with van der Waals surface area (Å²) < 4.78 is 0. The molecule has 25 heavy (non-hydrogen) atoms. The topological polar surface area (TPSA) is 122 Å². The van der Waals surface area contributed by atoms with E-state index in [1.54, 1.807) is 4.90 Å². The van der Waals surface area contributed by atoms with E-state index in [4.69, 9.17) is 5.73 Å². The Morgan fingerprint density at radius 2 is 2.16 bits per heavy atom. The Morgan fingerprint density at radius 1 is 1.36 bits per heavy atom. The lowest BCUT2D eigenvalue weighted by molar-refractivity contribution is -0.384. The van der Waals surface area contributed by atoms with Gasteiger partial charge < -0.3 is 20.9 Å². The quantitative estimate of drug-likeness (QED) is 0.458. The Kier molecular flexibility index (Phi) is 4.84. The highest BCUT2D eigenvalue weighted by atomic mass is 16.6. The van der Waals surface area contributed by atoms with Crippen LogP contribution in [0, 0.1) is 10.1 Å². The highest BCUT2D eigenvalue weighted by Gasteiger charge is 2.32. The third kappa shape index (κ3) is 3.55. The van der Waals surface area contributed by atoms with E-state index in [2.05, 4.69) is 5.32 Å². The molecule has 2 saturated heterocycles. The maximum absolute atomic E-state index is 12.8. The summed E-state index contributed by atoms with van der Waals surface area (Å²) in [6.45, 7) is 2.67. The third-order valence-corrected chi connectivity index (χ3v) is 4.73. The van der Waals surface area contributed by atoms with Crippen molar-refractivity contribution in [3.8, 4) is 0 Å². The SMILES string of the molecule is Nc1ccc([N+](=O)[O-])cc1C(=O)N1CCCC(N2CCNCC2=O)C1. The molecule has 1 atom stereocenters.